The van der Waals surface area contributed by atoms with Crippen LogP contribution >= 0.6 is 0 Å². The molecular formula is C8H16N2O3. The number of likely N-dealkylation sites (N-methyl/N-ethyl adjacent to an activating group) is 1. The molecule has 0 aliphatic heterocycles. The third-order valence-electron chi connectivity index (χ3n) is 2.00. The molecule has 0 saturated carbocycles. The molecule has 1 amide bonds. The first-order chi connectivity index (χ1) is 5.86. The van der Waals surface area contributed by atoms with Crippen molar-refractivity contribution in [1.29, 1.82) is 0 Å². The molecule has 0 bridgehead atoms. The summed E-state index contributed by atoms with van der Waals surface area (Å²) >= 11 is 0. The molecule has 3 N–H and O–H groups in total. The van der Waals surface area contributed by atoms with Crippen molar-refractivity contribution in [2.45, 2.75) is 32.4 Å². The Kier molecular flexibility index (Phi) is 4.40. The van der Waals surface area contributed by atoms with Gasteiger partial charge in [-0.15, -0.1) is 0 Å². The Labute approximate surface area is 77.5 Å². The fourth-order valence-corrected chi connectivity index (χ4v) is 0.971. The summed E-state index contributed by atoms with van der Waals surface area (Å²) in [5.74, 6) is -1.62. The summed E-state index contributed by atoms with van der Waals surface area (Å²) in [6.45, 7) is 3.75. The number of carboxylic acid groups (broad SMARTS) is 1. The van der Waals surface area contributed by atoms with E-state index in [9.17, 15) is 9.59 Å². The quantitative estimate of drug-likeness (QED) is 0.618. The molecule has 0 fully saturated rings. The SMILES string of the molecule is CC(C)N(C)C(CC(=O)O)C(N)=O. The van der Waals surface area contributed by atoms with Gasteiger partial charge in [-0.3, -0.25) is 14.5 Å². The van der Waals surface area contributed by atoms with E-state index in [0.717, 1.165) is 0 Å². The van der Waals surface area contributed by atoms with Crippen molar-refractivity contribution in [2.24, 2.45) is 5.73 Å². The standard InChI is InChI=1S/C8H16N2O3/c1-5(2)10(3)6(8(9)13)4-7(11)12/h5-6H,4H2,1-3H3,(H2,9,13)(H,11,12). The van der Waals surface area contributed by atoms with Gasteiger partial charge >= 0.3 is 5.97 Å². The highest BCUT2D eigenvalue weighted by Crippen LogP contribution is 2.05. The van der Waals surface area contributed by atoms with Crippen LogP contribution in [0, 0.1) is 0 Å². The van der Waals surface area contributed by atoms with Gasteiger partial charge in [0.25, 0.3) is 0 Å². The van der Waals surface area contributed by atoms with E-state index in [0.29, 0.717) is 0 Å². The van der Waals surface area contributed by atoms with Crippen molar-refractivity contribution in [3.8, 4) is 0 Å². The maximum absolute atomic E-state index is 10.9. The first-order valence-electron chi connectivity index (χ1n) is 4.09. The first kappa shape index (κ1) is 11.9. The van der Waals surface area contributed by atoms with Gasteiger partial charge in [0.1, 0.15) is 0 Å². The van der Waals surface area contributed by atoms with Gasteiger partial charge in [-0.1, -0.05) is 0 Å². The summed E-state index contributed by atoms with van der Waals surface area (Å²) in [6, 6.07) is -0.630. The number of rotatable bonds is 5. The summed E-state index contributed by atoms with van der Waals surface area (Å²) in [4.78, 5) is 23.0. The minimum absolute atomic E-state index is 0.0943. The van der Waals surface area contributed by atoms with Crippen LogP contribution in [-0.4, -0.2) is 41.0 Å². The summed E-state index contributed by atoms with van der Waals surface area (Å²) in [7, 11) is 1.68. The fourth-order valence-electron chi connectivity index (χ4n) is 0.971. The Morgan fingerprint density at radius 2 is 1.92 bits per heavy atom. The molecular weight excluding hydrogens is 172 g/mol. The lowest BCUT2D eigenvalue weighted by molar-refractivity contribution is -0.141. The molecule has 76 valence electrons. The van der Waals surface area contributed by atoms with Crippen LogP contribution in [0.5, 0.6) is 0 Å². The number of hydrogen-bond donors (Lipinski definition) is 2. The molecule has 0 aromatic heterocycles. The molecule has 0 spiro atoms. The number of aliphatic carboxylic acids is 1. The molecule has 1 atom stereocenters. The molecule has 0 saturated heterocycles. The van der Waals surface area contributed by atoms with E-state index in [1.165, 1.54) is 0 Å². The molecule has 5 nitrogen and oxygen atoms in total. The topological polar surface area (TPSA) is 83.6 Å². The van der Waals surface area contributed by atoms with Gasteiger partial charge in [0.2, 0.25) is 5.91 Å². The Bertz CT molecular complexity index is 204. The third-order valence-corrected chi connectivity index (χ3v) is 2.00. The van der Waals surface area contributed by atoms with Gasteiger partial charge < -0.3 is 10.8 Å². The van der Waals surface area contributed by atoms with Crippen molar-refractivity contribution >= 4 is 11.9 Å². The number of nitrogens with zero attached hydrogens (tertiary/aromatic N) is 1. The predicted molar refractivity (Wildman–Crippen MR) is 48.1 cm³/mol. The number of hydrogen-bond acceptors (Lipinski definition) is 3. The van der Waals surface area contributed by atoms with Gasteiger partial charge in [-0.2, -0.15) is 0 Å². The molecule has 0 radical (unpaired) electrons. The van der Waals surface area contributed by atoms with Crippen LogP contribution in [0.4, 0.5) is 0 Å². The zero-order valence-corrected chi connectivity index (χ0v) is 8.15. The normalized spacial score (nSPS) is 13.3. The maximum Gasteiger partial charge on any atom is 0.305 e. The maximum atomic E-state index is 10.9. The van der Waals surface area contributed by atoms with E-state index >= 15 is 0 Å². The second kappa shape index (κ2) is 4.81. The number of carboxylic acids is 1. The van der Waals surface area contributed by atoms with Gasteiger partial charge in [-0.05, 0) is 20.9 Å². The highest BCUT2D eigenvalue weighted by atomic mass is 16.4. The van der Waals surface area contributed by atoms with Gasteiger partial charge in [0.15, 0.2) is 0 Å². The molecule has 0 heterocycles. The smallest absolute Gasteiger partial charge is 0.305 e. The highest BCUT2D eigenvalue weighted by molar-refractivity contribution is 5.84. The Balaban J connectivity index is 4.41. The monoisotopic (exact) mass is 188 g/mol. The zero-order chi connectivity index (χ0) is 10.6. The van der Waals surface area contributed by atoms with Crippen molar-refractivity contribution in [3.05, 3.63) is 0 Å². The average Bonchev–Trinajstić information content (AvgIpc) is 1.97. The van der Waals surface area contributed by atoms with Crippen LogP contribution in [0.25, 0.3) is 0 Å². The highest BCUT2D eigenvalue weighted by Gasteiger charge is 2.25. The van der Waals surface area contributed by atoms with Crippen LogP contribution in [-0.2, 0) is 9.59 Å². The number of carbonyl (C=O) groups excluding carboxylic acids is 1. The lowest BCUT2D eigenvalue weighted by Crippen LogP contribution is -2.46. The van der Waals surface area contributed by atoms with E-state index in [2.05, 4.69) is 0 Å². The predicted octanol–water partition coefficient (Wildman–Crippen LogP) is -0.345. The second-order valence-corrected chi connectivity index (χ2v) is 3.28. The second-order valence-electron chi connectivity index (χ2n) is 3.28. The van der Waals surface area contributed by atoms with Crippen LogP contribution in [0.2, 0.25) is 0 Å². The third kappa shape index (κ3) is 3.89. The van der Waals surface area contributed by atoms with Crippen molar-refractivity contribution in [3.63, 3.8) is 0 Å². The van der Waals surface area contributed by atoms with Gasteiger partial charge in [0, 0.05) is 6.04 Å². The first-order valence-corrected chi connectivity index (χ1v) is 4.09. The molecule has 0 aromatic carbocycles. The summed E-state index contributed by atoms with van der Waals surface area (Å²) in [5.41, 5.74) is 5.08. The average molecular weight is 188 g/mol. The van der Waals surface area contributed by atoms with E-state index < -0.39 is 17.9 Å². The van der Waals surface area contributed by atoms with E-state index in [-0.39, 0.29) is 12.5 Å². The van der Waals surface area contributed by atoms with E-state index in [1.54, 1.807) is 11.9 Å². The number of carbonyl (C=O) groups is 2. The number of primary amides is 1. The zero-order valence-electron chi connectivity index (χ0n) is 8.15. The number of nitrogens with two attached hydrogens (primary N) is 1. The van der Waals surface area contributed by atoms with Gasteiger partial charge in [0.05, 0.1) is 12.5 Å². The molecule has 0 rings (SSSR count). The minimum atomic E-state index is -1.02. The summed E-state index contributed by atoms with van der Waals surface area (Å²) in [6.07, 6.45) is -0.246. The minimum Gasteiger partial charge on any atom is -0.481 e. The Morgan fingerprint density at radius 3 is 2.15 bits per heavy atom. The largest absolute Gasteiger partial charge is 0.481 e. The van der Waals surface area contributed by atoms with Crippen molar-refractivity contribution in [1.82, 2.24) is 4.90 Å². The van der Waals surface area contributed by atoms with Crippen molar-refractivity contribution in [2.75, 3.05) is 7.05 Å². The molecule has 1 unspecified atom stereocenters. The van der Waals surface area contributed by atoms with E-state index in [1.807, 2.05) is 13.8 Å². The van der Waals surface area contributed by atoms with Crippen LogP contribution in [0.15, 0.2) is 0 Å². The fraction of sp³-hybridized carbons (Fsp3) is 0.750. The van der Waals surface area contributed by atoms with Crippen LogP contribution in [0.1, 0.15) is 20.3 Å². The van der Waals surface area contributed by atoms with Gasteiger partial charge in [-0.25, -0.2) is 0 Å². The lowest BCUT2D eigenvalue weighted by Gasteiger charge is -2.27. The summed E-state index contributed by atoms with van der Waals surface area (Å²) in [5, 5.41) is 8.53. The molecule has 0 aliphatic carbocycles. The lowest BCUT2D eigenvalue weighted by atomic mass is 10.1. The van der Waals surface area contributed by atoms with Crippen LogP contribution < -0.4 is 5.73 Å². The van der Waals surface area contributed by atoms with Crippen molar-refractivity contribution < 1.29 is 14.7 Å². The molecule has 0 aliphatic rings. The Hall–Kier alpha value is -1.10. The molecule has 0 aromatic rings. The van der Waals surface area contributed by atoms with Crippen LogP contribution in [0.3, 0.4) is 0 Å². The molecule has 5 heteroatoms. The molecule has 13 heavy (non-hydrogen) atoms. The summed E-state index contributed by atoms with van der Waals surface area (Å²) < 4.78 is 0. The Morgan fingerprint density at radius 1 is 1.46 bits per heavy atom. The van der Waals surface area contributed by atoms with E-state index in [4.69, 9.17) is 10.8 Å². The number of amides is 1.